The van der Waals surface area contributed by atoms with Crippen LogP contribution in [0.15, 0.2) is 12.2 Å². The lowest BCUT2D eigenvalue weighted by molar-refractivity contribution is -0.167. The van der Waals surface area contributed by atoms with E-state index < -0.39 is 6.10 Å². The van der Waals surface area contributed by atoms with E-state index in [4.69, 9.17) is 14.2 Å². The van der Waals surface area contributed by atoms with E-state index in [0.29, 0.717) is 19.3 Å². The minimum atomic E-state index is -0.768. The van der Waals surface area contributed by atoms with Crippen molar-refractivity contribution in [1.82, 2.24) is 0 Å². The van der Waals surface area contributed by atoms with E-state index in [1.807, 2.05) is 0 Å². The topological polar surface area (TPSA) is 78.9 Å². The average molecular weight is 1070 g/mol. The number of carbonyl (C=O) groups excluding carboxylic acids is 3. The highest BCUT2D eigenvalue weighted by atomic mass is 16.6. The van der Waals surface area contributed by atoms with Crippen LogP contribution >= 0.6 is 0 Å². The normalized spacial score (nSPS) is 12.0. The first-order valence-corrected chi connectivity index (χ1v) is 34.7. The Kier molecular flexibility index (Phi) is 64.1. The van der Waals surface area contributed by atoms with Gasteiger partial charge in [0.15, 0.2) is 6.10 Å². The summed E-state index contributed by atoms with van der Waals surface area (Å²) in [6.45, 7) is 6.65. The smallest absolute Gasteiger partial charge is 0.306 e. The Morgan fingerprint density at radius 1 is 0.250 bits per heavy atom. The van der Waals surface area contributed by atoms with Gasteiger partial charge in [-0.25, -0.2) is 0 Å². The fourth-order valence-electron chi connectivity index (χ4n) is 10.8. The largest absolute Gasteiger partial charge is 0.462 e. The van der Waals surface area contributed by atoms with Crippen LogP contribution in [0.5, 0.6) is 0 Å². The molecule has 0 spiro atoms. The highest BCUT2D eigenvalue weighted by Gasteiger charge is 2.19. The minimum Gasteiger partial charge on any atom is -0.462 e. The molecule has 0 heterocycles. The van der Waals surface area contributed by atoms with E-state index in [2.05, 4.69) is 32.9 Å². The van der Waals surface area contributed by atoms with E-state index >= 15 is 0 Å². The molecule has 1 atom stereocenters. The predicted octanol–water partition coefficient (Wildman–Crippen LogP) is 23.6. The first-order chi connectivity index (χ1) is 37.5. The first-order valence-electron chi connectivity index (χ1n) is 34.7. The highest BCUT2D eigenvalue weighted by molar-refractivity contribution is 5.71. The number of ether oxygens (including phenoxy) is 3. The van der Waals surface area contributed by atoms with Gasteiger partial charge >= 0.3 is 17.9 Å². The van der Waals surface area contributed by atoms with E-state index in [1.54, 1.807) is 0 Å². The minimum absolute atomic E-state index is 0.0663. The second-order valence-electron chi connectivity index (χ2n) is 23.8. The molecular weight excluding hydrogens is 937 g/mol. The van der Waals surface area contributed by atoms with Crippen molar-refractivity contribution in [1.29, 1.82) is 0 Å². The maximum Gasteiger partial charge on any atom is 0.306 e. The lowest BCUT2D eigenvalue weighted by Gasteiger charge is -2.18. The van der Waals surface area contributed by atoms with Crippen LogP contribution in [0.25, 0.3) is 0 Å². The lowest BCUT2D eigenvalue weighted by atomic mass is 10.0. The van der Waals surface area contributed by atoms with Gasteiger partial charge in [0.2, 0.25) is 0 Å². The Hall–Kier alpha value is -1.85. The van der Waals surface area contributed by atoms with Crippen LogP contribution in [0, 0.1) is 0 Å². The van der Waals surface area contributed by atoms with Gasteiger partial charge in [0.25, 0.3) is 0 Å². The summed E-state index contributed by atoms with van der Waals surface area (Å²) in [6, 6.07) is 0. The molecule has 1 unspecified atom stereocenters. The second-order valence-corrected chi connectivity index (χ2v) is 23.8. The van der Waals surface area contributed by atoms with Crippen molar-refractivity contribution >= 4 is 17.9 Å². The van der Waals surface area contributed by atoms with Crippen molar-refractivity contribution in [3.05, 3.63) is 12.2 Å². The molecule has 6 nitrogen and oxygen atoms in total. The summed E-state index contributed by atoms with van der Waals surface area (Å²) in [7, 11) is 0. The summed E-state index contributed by atoms with van der Waals surface area (Å²) in [6.07, 6.45) is 78.4. The molecule has 0 aliphatic carbocycles. The maximum absolute atomic E-state index is 12.9. The maximum atomic E-state index is 12.9. The van der Waals surface area contributed by atoms with Crippen LogP contribution in [0.1, 0.15) is 400 Å². The zero-order valence-corrected chi connectivity index (χ0v) is 51.8. The average Bonchev–Trinajstić information content (AvgIpc) is 3.42. The molecule has 450 valence electrons. The van der Waals surface area contributed by atoms with Crippen LogP contribution in [0.4, 0.5) is 0 Å². The third-order valence-corrected chi connectivity index (χ3v) is 16.0. The summed E-state index contributed by atoms with van der Waals surface area (Å²) in [4.78, 5) is 38.2. The Morgan fingerprint density at radius 2 is 0.461 bits per heavy atom. The van der Waals surface area contributed by atoms with Gasteiger partial charge < -0.3 is 14.2 Å². The summed E-state index contributed by atoms with van der Waals surface area (Å²) < 4.78 is 16.9. The fourth-order valence-corrected chi connectivity index (χ4v) is 10.8. The van der Waals surface area contributed by atoms with Crippen molar-refractivity contribution < 1.29 is 28.6 Å². The highest BCUT2D eigenvalue weighted by Crippen LogP contribution is 2.19. The van der Waals surface area contributed by atoms with Crippen LogP contribution in [-0.2, 0) is 28.6 Å². The summed E-state index contributed by atoms with van der Waals surface area (Å²) in [5.41, 5.74) is 0. The summed E-state index contributed by atoms with van der Waals surface area (Å²) >= 11 is 0. The molecule has 0 N–H and O–H groups in total. The van der Waals surface area contributed by atoms with Gasteiger partial charge in [-0.2, -0.15) is 0 Å². The molecule has 6 heteroatoms. The molecule has 0 saturated carbocycles. The summed E-state index contributed by atoms with van der Waals surface area (Å²) in [5.74, 6) is -0.847. The number of rotatable bonds is 65. The van der Waals surface area contributed by atoms with Crippen molar-refractivity contribution in [3.8, 4) is 0 Å². The van der Waals surface area contributed by atoms with Gasteiger partial charge in [-0.3, -0.25) is 14.4 Å². The van der Waals surface area contributed by atoms with E-state index in [-0.39, 0.29) is 31.1 Å². The van der Waals surface area contributed by atoms with Crippen molar-refractivity contribution in [2.75, 3.05) is 13.2 Å². The molecular formula is C70H134O6. The van der Waals surface area contributed by atoms with Gasteiger partial charge in [-0.05, 0) is 38.5 Å². The van der Waals surface area contributed by atoms with Crippen LogP contribution < -0.4 is 0 Å². The third-order valence-electron chi connectivity index (χ3n) is 16.0. The Balaban J connectivity index is 4.03. The standard InChI is InChI=1S/C70H134O6/c1-4-7-10-13-16-19-22-24-26-28-29-30-31-32-33-34-35-36-37-38-39-40-41-43-44-46-48-51-54-57-60-63-69(72)75-66-67(65-74-68(71)62-59-56-53-50-21-18-15-12-9-6-3)76-70(73)64-61-58-55-52-49-47-45-42-27-25-23-20-17-14-11-8-5-2/h12,15,67H,4-11,13-14,16-66H2,1-3H3/b15-12-. The predicted molar refractivity (Wildman–Crippen MR) is 330 cm³/mol. The van der Waals surface area contributed by atoms with Gasteiger partial charge in [0, 0.05) is 19.3 Å². The zero-order valence-electron chi connectivity index (χ0n) is 51.8. The van der Waals surface area contributed by atoms with Gasteiger partial charge in [0.05, 0.1) is 0 Å². The molecule has 0 aliphatic rings. The molecule has 0 aliphatic heterocycles. The number of carbonyl (C=O) groups is 3. The van der Waals surface area contributed by atoms with Crippen molar-refractivity contribution in [2.24, 2.45) is 0 Å². The van der Waals surface area contributed by atoms with Crippen LogP contribution in [-0.4, -0.2) is 37.2 Å². The number of unbranched alkanes of at least 4 members (excludes halogenated alkanes) is 52. The van der Waals surface area contributed by atoms with Gasteiger partial charge in [-0.1, -0.05) is 354 Å². The molecule has 0 radical (unpaired) electrons. The molecule has 0 amide bonds. The molecule has 0 saturated heterocycles. The lowest BCUT2D eigenvalue weighted by Crippen LogP contribution is -2.30. The molecule has 0 aromatic rings. The van der Waals surface area contributed by atoms with E-state index in [0.717, 1.165) is 70.6 Å². The SMILES string of the molecule is CCC/C=C\CCCCCCCC(=O)OCC(COC(=O)CCCCCCCCCCCCCCCCCCCCCCCCCCCCCCCCC)OC(=O)CCCCCCCCCCCCCCCCCCC. The van der Waals surface area contributed by atoms with Gasteiger partial charge in [0.1, 0.15) is 13.2 Å². The van der Waals surface area contributed by atoms with Crippen LogP contribution in [0.2, 0.25) is 0 Å². The second kappa shape index (κ2) is 65.7. The van der Waals surface area contributed by atoms with Crippen molar-refractivity contribution in [2.45, 2.75) is 406 Å². The number of allylic oxidation sites excluding steroid dienone is 2. The van der Waals surface area contributed by atoms with E-state index in [9.17, 15) is 14.4 Å². The molecule has 0 bridgehead atoms. The molecule has 76 heavy (non-hydrogen) atoms. The number of hydrogen-bond acceptors (Lipinski definition) is 6. The van der Waals surface area contributed by atoms with Crippen molar-refractivity contribution in [3.63, 3.8) is 0 Å². The van der Waals surface area contributed by atoms with E-state index in [1.165, 1.54) is 289 Å². The number of hydrogen-bond donors (Lipinski definition) is 0. The molecule has 0 aromatic heterocycles. The van der Waals surface area contributed by atoms with Crippen LogP contribution in [0.3, 0.4) is 0 Å². The molecule has 0 rings (SSSR count). The Labute approximate surface area is 475 Å². The first kappa shape index (κ1) is 74.2. The third kappa shape index (κ3) is 63.0. The molecule has 0 aromatic carbocycles. The Bertz CT molecular complexity index is 1180. The fraction of sp³-hybridized carbons (Fsp3) is 0.929. The summed E-state index contributed by atoms with van der Waals surface area (Å²) in [5, 5.41) is 0. The Morgan fingerprint density at radius 3 is 0.711 bits per heavy atom. The zero-order chi connectivity index (χ0) is 55.0. The monoisotopic (exact) mass is 1070 g/mol. The number of esters is 3. The quantitative estimate of drug-likeness (QED) is 0.0261. The van der Waals surface area contributed by atoms with Gasteiger partial charge in [-0.15, -0.1) is 0 Å². The molecule has 0 fully saturated rings.